The maximum Gasteiger partial charge on any atom is 0.498 e. The first-order chi connectivity index (χ1) is 16.6. The summed E-state index contributed by atoms with van der Waals surface area (Å²) >= 11 is 0. The number of rotatable bonds is 7. The third-order valence-corrected chi connectivity index (χ3v) is 6.50. The fraction of sp³-hybridized carbons (Fsp3) is 0.444. The van der Waals surface area contributed by atoms with Crippen molar-refractivity contribution in [1.82, 2.24) is 0 Å². The highest BCUT2D eigenvalue weighted by atomic mass is 19.3. The first kappa shape index (κ1) is 26.8. The fourth-order valence-corrected chi connectivity index (χ4v) is 3.85. The van der Waals surface area contributed by atoms with Gasteiger partial charge in [0.25, 0.3) is 0 Å². The van der Waals surface area contributed by atoms with Crippen molar-refractivity contribution in [3.8, 4) is 5.75 Å². The van der Waals surface area contributed by atoms with Gasteiger partial charge in [-0.2, -0.15) is 0 Å². The topological polar surface area (TPSA) is 67.1 Å². The van der Waals surface area contributed by atoms with Crippen LogP contribution in [0.5, 0.6) is 5.75 Å². The minimum absolute atomic E-state index is 0.213. The van der Waals surface area contributed by atoms with E-state index >= 15 is 0 Å². The molecule has 1 aromatic heterocycles. The zero-order valence-electron chi connectivity index (χ0n) is 21.6. The normalized spacial score (nSPS) is 16.1. The molecule has 1 fully saturated rings. The molecule has 188 valence electrons. The lowest BCUT2D eigenvalue weighted by molar-refractivity contribution is -0.182. The third kappa shape index (κ3) is 5.71. The summed E-state index contributed by atoms with van der Waals surface area (Å²) in [7, 11) is -0.582. The SMILES string of the molecule is CC.CCc1ccc(CC(=O)OF)c(OCc2cc(B3OC(C)(C)C(C)(C)O3)c3occc3c2)c1. The molecule has 0 radical (unpaired) electrons. The number of aryl methyl sites for hydroxylation is 1. The van der Waals surface area contributed by atoms with Crippen LogP contribution in [0.2, 0.25) is 0 Å². The number of halogens is 1. The molecule has 8 heteroatoms. The van der Waals surface area contributed by atoms with E-state index in [9.17, 15) is 9.32 Å². The second-order valence-electron chi connectivity index (χ2n) is 9.32. The quantitative estimate of drug-likeness (QED) is 0.391. The molecule has 0 unspecified atom stereocenters. The molecule has 1 aliphatic heterocycles. The van der Waals surface area contributed by atoms with E-state index in [4.69, 9.17) is 18.5 Å². The molecule has 0 saturated carbocycles. The van der Waals surface area contributed by atoms with Crippen molar-refractivity contribution in [3.63, 3.8) is 0 Å². The van der Waals surface area contributed by atoms with Crippen LogP contribution in [0.25, 0.3) is 11.0 Å². The summed E-state index contributed by atoms with van der Waals surface area (Å²) < 4.78 is 36.6. The number of furan rings is 1. The molecule has 0 atom stereocenters. The summed E-state index contributed by atoms with van der Waals surface area (Å²) in [4.78, 5) is 14.8. The molecule has 0 spiro atoms. The molecule has 6 nitrogen and oxygen atoms in total. The van der Waals surface area contributed by atoms with E-state index < -0.39 is 24.3 Å². The second kappa shape index (κ2) is 10.8. The largest absolute Gasteiger partial charge is 0.498 e. The molecule has 2 heterocycles. The summed E-state index contributed by atoms with van der Waals surface area (Å²) in [6.45, 7) is 14.3. The molecule has 2 aromatic carbocycles. The first-order valence-corrected chi connectivity index (χ1v) is 12.0. The minimum atomic E-state index is -0.966. The van der Waals surface area contributed by atoms with Gasteiger partial charge in [-0.1, -0.05) is 39.0 Å². The smallest absolute Gasteiger partial charge is 0.489 e. The Hall–Kier alpha value is -2.84. The molecule has 0 bridgehead atoms. The molecular weight excluding hydrogens is 450 g/mol. The number of ether oxygens (including phenoxy) is 1. The number of hydrogen-bond acceptors (Lipinski definition) is 6. The van der Waals surface area contributed by atoms with E-state index in [-0.39, 0.29) is 13.0 Å². The molecular formula is C27H34BFO6. The van der Waals surface area contributed by atoms with Crippen LogP contribution in [-0.4, -0.2) is 24.3 Å². The van der Waals surface area contributed by atoms with Gasteiger partial charge in [0.05, 0.1) is 23.9 Å². The lowest BCUT2D eigenvalue weighted by atomic mass is 9.77. The molecule has 0 aliphatic carbocycles. The summed E-state index contributed by atoms with van der Waals surface area (Å²) in [6, 6.07) is 11.3. The first-order valence-electron chi connectivity index (χ1n) is 12.0. The molecule has 3 aromatic rings. The number of fused-ring (bicyclic) bond motifs is 1. The molecule has 4 rings (SSSR count). The van der Waals surface area contributed by atoms with Gasteiger partial charge >= 0.3 is 13.1 Å². The van der Waals surface area contributed by atoms with E-state index in [1.54, 1.807) is 12.3 Å². The fourth-order valence-electron chi connectivity index (χ4n) is 3.85. The second-order valence-corrected chi connectivity index (χ2v) is 9.32. The van der Waals surface area contributed by atoms with Gasteiger partial charge in [-0.3, -0.25) is 4.94 Å². The Morgan fingerprint density at radius 3 is 2.31 bits per heavy atom. The minimum Gasteiger partial charge on any atom is -0.489 e. The van der Waals surface area contributed by atoms with Crippen LogP contribution in [0.1, 0.15) is 65.2 Å². The van der Waals surface area contributed by atoms with E-state index in [1.807, 2.05) is 78.8 Å². The van der Waals surface area contributed by atoms with E-state index in [2.05, 4.69) is 4.94 Å². The average Bonchev–Trinajstić information content (AvgIpc) is 3.39. The maximum absolute atomic E-state index is 12.3. The Bertz CT molecular complexity index is 1150. The lowest BCUT2D eigenvalue weighted by Gasteiger charge is -2.32. The van der Waals surface area contributed by atoms with Gasteiger partial charge in [0.2, 0.25) is 0 Å². The van der Waals surface area contributed by atoms with E-state index in [0.29, 0.717) is 16.9 Å². The van der Waals surface area contributed by atoms with Crippen LogP contribution >= 0.6 is 0 Å². The van der Waals surface area contributed by atoms with Crippen molar-refractivity contribution >= 4 is 29.5 Å². The molecule has 35 heavy (non-hydrogen) atoms. The Labute approximate surface area is 206 Å². The van der Waals surface area contributed by atoms with Crippen molar-refractivity contribution in [1.29, 1.82) is 0 Å². The van der Waals surface area contributed by atoms with Crippen LogP contribution in [0.15, 0.2) is 47.1 Å². The molecule has 1 aliphatic rings. The predicted molar refractivity (Wildman–Crippen MR) is 134 cm³/mol. The standard InChI is InChI=1S/C25H28BFO6.C2H6/c1-6-16-7-8-18(14-22(28)31-27)21(13-16)30-15-17-11-19-9-10-29-23(19)20(12-17)26-32-24(2,3)25(4,5)33-26;1-2/h7-13H,6,14-15H2,1-5H3;1-2H3. The van der Waals surface area contributed by atoms with Crippen LogP contribution in [-0.2, 0) is 38.5 Å². The van der Waals surface area contributed by atoms with Gasteiger partial charge in [-0.05, 0) is 63.4 Å². The van der Waals surface area contributed by atoms with Gasteiger partial charge in [0.15, 0.2) is 0 Å². The average molecular weight is 484 g/mol. The van der Waals surface area contributed by atoms with Crippen LogP contribution in [0.3, 0.4) is 0 Å². The third-order valence-electron chi connectivity index (χ3n) is 6.50. The number of carbonyl (C=O) groups is 1. The number of hydrogen-bond donors (Lipinski definition) is 0. The summed E-state index contributed by atoms with van der Waals surface area (Å²) in [5, 5.41) is 0.907. The van der Waals surface area contributed by atoms with Gasteiger partial charge in [-0.25, -0.2) is 4.79 Å². The Balaban J connectivity index is 0.00000167. The molecule has 0 N–H and O–H groups in total. The summed E-state index contributed by atoms with van der Waals surface area (Å²) in [5.74, 6) is -0.448. The highest BCUT2D eigenvalue weighted by molar-refractivity contribution is 6.64. The van der Waals surface area contributed by atoms with Gasteiger partial charge in [0.1, 0.15) is 17.9 Å². The lowest BCUT2D eigenvalue weighted by Crippen LogP contribution is -2.41. The Kier molecular flexibility index (Phi) is 8.28. The highest BCUT2D eigenvalue weighted by Crippen LogP contribution is 2.37. The van der Waals surface area contributed by atoms with Crippen molar-refractivity contribution in [2.24, 2.45) is 0 Å². The Morgan fingerprint density at radius 2 is 1.69 bits per heavy atom. The molecule has 1 saturated heterocycles. The van der Waals surface area contributed by atoms with Gasteiger partial charge in [-0.15, -0.1) is 0 Å². The van der Waals surface area contributed by atoms with Gasteiger partial charge in [0, 0.05) is 20.9 Å². The number of benzene rings is 2. The zero-order valence-corrected chi connectivity index (χ0v) is 21.6. The predicted octanol–water partition coefficient (Wildman–Crippen LogP) is 5.87. The van der Waals surface area contributed by atoms with Crippen LogP contribution in [0, 0.1) is 0 Å². The van der Waals surface area contributed by atoms with E-state index in [1.165, 1.54) is 0 Å². The van der Waals surface area contributed by atoms with Crippen LogP contribution < -0.4 is 10.2 Å². The zero-order chi connectivity index (χ0) is 25.8. The maximum atomic E-state index is 12.3. The summed E-state index contributed by atoms with van der Waals surface area (Å²) in [5.41, 5.74) is 3.02. The van der Waals surface area contributed by atoms with Gasteiger partial charge < -0.3 is 18.5 Å². The van der Waals surface area contributed by atoms with Crippen molar-refractivity contribution < 1.29 is 32.7 Å². The van der Waals surface area contributed by atoms with E-state index in [0.717, 1.165) is 28.4 Å². The van der Waals surface area contributed by atoms with Crippen molar-refractivity contribution in [2.75, 3.05) is 0 Å². The van der Waals surface area contributed by atoms with Crippen LogP contribution in [0.4, 0.5) is 4.53 Å². The monoisotopic (exact) mass is 484 g/mol. The van der Waals surface area contributed by atoms with Crippen molar-refractivity contribution in [2.45, 2.75) is 79.1 Å². The Morgan fingerprint density at radius 1 is 1.00 bits per heavy atom. The van der Waals surface area contributed by atoms with Crippen molar-refractivity contribution in [3.05, 3.63) is 59.4 Å². The number of carbonyl (C=O) groups excluding carboxylic acids is 1. The molecule has 0 amide bonds. The summed E-state index contributed by atoms with van der Waals surface area (Å²) in [6.07, 6.45) is 2.22. The highest BCUT2D eigenvalue weighted by Gasteiger charge is 2.52.